The fraction of sp³-hybridized carbons (Fsp3) is 0.222. The van der Waals surface area contributed by atoms with Crippen molar-refractivity contribution < 1.29 is 14.3 Å². The molecule has 126 valence electrons. The van der Waals surface area contributed by atoms with Crippen LogP contribution in [0.25, 0.3) is 0 Å². The summed E-state index contributed by atoms with van der Waals surface area (Å²) in [5, 5.41) is 4.93. The van der Waals surface area contributed by atoms with Gasteiger partial charge in [0.05, 0.1) is 12.9 Å². The highest BCUT2D eigenvalue weighted by atomic mass is 32.2. The van der Waals surface area contributed by atoms with Crippen molar-refractivity contribution >= 4 is 29.4 Å². The first-order chi connectivity index (χ1) is 11.5. The van der Waals surface area contributed by atoms with Crippen LogP contribution >= 0.6 is 11.8 Å². The highest BCUT2D eigenvalue weighted by Crippen LogP contribution is 2.23. The van der Waals surface area contributed by atoms with E-state index in [1.54, 1.807) is 31.4 Å². The third kappa shape index (κ3) is 5.31. The smallest absolute Gasteiger partial charge is 0.325 e. The van der Waals surface area contributed by atoms with Gasteiger partial charge < -0.3 is 10.1 Å². The maximum Gasteiger partial charge on any atom is 0.325 e. The third-order valence-corrected chi connectivity index (χ3v) is 4.46. The van der Waals surface area contributed by atoms with E-state index in [2.05, 4.69) is 10.6 Å². The fourth-order valence-corrected chi connectivity index (χ4v) is 2.93. The summed E-state index contributed by atoms with van der Waals surface area (Å²) in [7, 11) is 1.57. The van der Waals surface area contributed by atoms with Crippen molar-refractivity contribution in [3.8, 4) is 5.75 Å². The molecule has 0 aliphatic rings. The second-order valence-electron chi connectivity index (χ2n) is 5.29. The fourth-order valence-electron chi connectivity index (χ4n) is 2.01. The minimum absolute atomic E-state index is 0.181. The quantitative estimate of drug-likeness (QED) is 0.811. The van der Waals surface area contributed by atoms with E-state index in [1.165, 1.54) is 11.8 Å². The summed E-state index contributed by atoms with van der Waals surface area (Å²) in [6.07, 6.45) is 0. The molecule has 0 saturated heterocycles. The summed E-state index contributed by atoms with van der Waals surface area (Å²) >= 11 is 1.41. The monoisotopic (exact) mass is 344 g/mol. The number of nitrogens with one attached hydrogen (secondary N) is 2. The van der Waals surface area contributed by atoms with Crippen molar-refractivity contribution in [2.24, 2.45) is 0 Å². The van der Waals surface area contributed by atoms with Gasteiger partial charge in [0.25, 0.3) is 0 Å². The first-order valence-corrected chi connectivity index (χ1v) is 8.41. The molecule has 0 spiro atoms. The van der Waals surface area contributed by atoms with E-state index < -0.39 is 6.03 Å². The lowest BCUT2D eigenvalue weighted by atomic mass is 10.2. The van der Waals surface area contributed by atoms with Crippen LogP contribution in [-0.4, -0.2) is 24.8 Å². The molecule has 0 radical (unpaired) electrons. The number of rotatable bonds is 5. The van der Waals surface area contributed by atoms with Gasteiger partial charge in [0, 0.05) is 10.6 Å². The van der Waals surface area contributed by atoms with Crippen molar-refractivity contribution in [2.45, 2.75) is 18.7 Å². The van der Waals surface area contributed by atoms with E-state index in [4.69, 9.17) is 4.74 Å². The average Bonchev–Trinajstić information content (AvgIpc) is 2.56. The number of ether oxygens (including phenoxy) is 1. The molecule has 0 aliphatic carbocycles. The lowest BCUT2D eigenvalue weighted by Gasteiger charge is -2.09. The molecule has 2 rings (SSSR count). The zero-order valence-electron chi connectivity index (χ0n) is 13.9. The predicted octanol–water partition coefficient (Wildman–Crippen LogP) is 3.75. The lowest BCUT2D eigenvalue weighted by molar-refractivity contribution is -0.117. The zero-order chi connectivity index (χ0) is 17.5. The molecule has 6 heteroatoms. The van der Waals surface area contributed by atoms with Crippen molar-refractivity contribution in [1.82, 2.24) is 5.32 Å². The van der Waals surface area contributed by atoms with Gasteiger partial charge in [-0.1, -0.05) is 17.7 Å². The second-order valence-corrected chi connectivity index (χ2v) is 6.31. The van der Waals surface area contributed by atoms with E-state index >= 15 is 0 Å². The molecular formula is C18H20N2O3S. The first kappa shape index (κ1) is 17.9. The van der Waals surface area contributed by atoms with Crippen LogP contribution < -0.4 is 15.4 Å². The van der Waals surface area contributed by atoms with Gasteiger partial charge in [0.2, 0.25) is 5.91 Å². The zero-order valence-corrected chi connectivity index (χ0v) is 14.7. The highest BCUT2D eigenvalue weighted by Gasteiger charge is 2.09. The molecule has 5 nitrogen and oxygen atoms in total. The van der Waals surface area contributed by atoms with E-state index in [0.717, 1.165) is 16.0 Å². The van der Waals surface area contributed by atoms with Crippen LogP contribution in [0.1, 0.15) is 11.1 Å². The minimum atomic E-state index is -0.549. The van der Waals surface area contributed by atoms with Crippen molar-refractivity contribution in [1.29, 1.82) is 0 Å². The Balaban J connectivity index is 1.82. The van der Waals surface area contributed by atoms with Gasteiger partial charge >= 0.3 is 6.03 Å². The SMILES string of the molecule is COc1ccc(NC(=O)NC(=O)CSc2cc(C)ccc2C)cc1. The number of aryl methyl sites for hydroxylation is 2. The average molecular weight is 344 g/mol. The Labute approximate surface area is 145 Å². The summed E-state index contributed by atoms with van der Waals surface area (Å²) in [5.74, 6) is 0.536. The Morgan fingerprint density at radius 2 is 1.79 bits per heavy atom. The van der Waals surface area contributed by atoms with Gasteiger partial charge in [-0.15, -0.1) is 11.8 Å². The Hall–Kier alpha value is -2.47. The maximum atomic E-state index is 11.9. The number of urea groups is 1. The van der Waals surface area contributed by atoms with E-state index in [1.807, 2.05) is 32.0 Å². The highest BCUT2D eigenvalue weighted by molar-refractivity contribution is 8.00. The standard InChI is InChI=1S/C18H20N2O3S/c1-12-4-5-13(2)16(10-12)24-11-17(21)20-18(22)19-14-6-8-15(23-3)9-7-14/h4-10H,11H2,1-3H3,(H2,19,20,21,22). The molecule has 2 N–H and O–H groups in total. The van der Waals surface area contributed by atoms with E-state index in [-0.39, 0.29) is 11.7 Å². The van der Waals surface area contributed by atoms with E-state index in [0.29, 0.717) is 11.4 Å². The number of carbonyl (C=O) groups excluding carboxylic acids is 2. The number of hydrogen-bond acceptors (Lipinski definition) is 4. The number of carbonyl (C=O) groups is 2. The molecular weight excluding hydrogens is 324 g/mol. The molecule has 3 amide bonds. The van der Waals surface area contributed by atoms with Crippen molar-refractivity contribution in [3.63, 3.8) is 0 Å². The maximum absolute atomic E-state index is 11.9. The van der Waals surface area contributed by atoms with Crippen LogP contribution in [0.3, 0.4) is 0 Å². The van der Waals surface area contributed by atoms with E-state index in [9.17, 15) is 9.59 Å². The normalized spacial score (nSPS) is 10.1. The Kier molecular flexibility index (Phi) is 6.26. The number of thioether (sulfide) groups is 1. The Bertz CT molecular complexity index is 730. The van der Waals surface area contributed by atoms with Crippen molar-refractivity contribution in [2.75, 3.05) is 18.2 Å². The van der Waals surface area contributed by atoms with Crippen LogP contribution in [0.5, 0.6) is 5.75 Å². The van der Waals surface area contributed by atoms with Crippen molar-refractivity contribution in [3.05, 3.63) is 53.6 Å². The molecule has 0 heterocycles. The van der Waals surface area contributed by atoms with Crippen LogP contribution in [0.2, 0.25) is 0 Å². The van der Waals surface area contributed by atoms with Gasteiger partial charge in [0.15, 0.2) is 0 Å². The summed E-state index contributed by atoms with van der Waals surface area (Å²) in [5.41, 5.74) is 2.84. The molecule has 24 heavy (non-hydrogen) atoms. The number of methoxy groups -OCH3 is 1. The predicted molar refractivity (Wildman–Crippen MR) is 96.8 cm³/mol. The largest absolute Gasteiger partial charge is 0.497 e. The first-order valence-electron chi connectivity index (χ1n) is 7.43. The van der Waals surface area contributed by atoms with Gasteiger partial charge in [-0.2, -0.15) is 0 Å². The molecule has 0 aliphatic heterocycles. The molecule has 2 aromatic rings. The van der Waals surface area contributed by atoms with Crippen LogP contribution in [-0.2, 0) is 4.79 Å². The number of benzene rings is 2. The number of anilines is 1. The van der Waals surface area contributed by atoms with Gasteiger partial charge in [-0.25, -0.2) is 4.79 Å². The summed E-state index contributed by atoms with van der Waals surface area (Å²) in [6, 6.07) is 12.4. The molecule has 0 unspecified atom stereocenters. The summed E-state index contributed by atoms with van der Waals surface area (Å²) < 4.78 is 5.05. The molecule has 0 atom stereocenters. The Morgan fingerprint density at radius 3 is 2.46 bits per heavy atom. The molecule has 0 bridgehead atoms. The van der Waals surface area contributed by atoms with Gasteiger partial charge in [0.1, 0.15) is 5.75 Å². The van der Waals surface area contributed by atoms with Crippen LogP contribution in [0, 0.1) is 13.8 Å². The van der Waals surface area contributed by atoms with Crippen LogP contribution in [0.4, 0.5) is 10.5 Å². The number of amides is 3. The van der Waals surface area contributed by atoms with Gasteiger partial charge in [-0.05, 0) is 49.7 Å². The minimum Gasteiger partial charge on any atom is -0.497 e. The number of imide groups is 1. The van der Waals surface area contributed by atoms with Crippen LogP contribution in [0.15, 0.2) is 47.4 Å². The Morgan fingerprint density at radius 1 is 1.08 bits per heavy atom. The molecule has 0 fully saturated rings. The second kappa shape index (κ2) is 8.40. The third-order valence-electron chi connectivity index (χ3n) is 3.30. The molecule has 0 aromatic heterocycles. The summed E-state index contributed by atoms with van der Waals surface area (Å²) in [6.45, 7) is 4.00. The lowest BCUT2D eigenvalue weighted by Crippen LogP contribution is -2.35. The molecule has 0 saturated carbocycles. The number of hydrogen-bond donors (Lipinski definition) is 2. The summed E-state index contributed by atoms with van der Waals surface area (Å²) in [4.78, 5) is 24.8. The molecule has 2 aromatic carbocycles. The topological polar surface area (TPSA) is 67.4 Å². The van der Waals surface area contributed by atoms with Gasteiger partial charge in [-0.3, -0.25) is 10.1 Å².